The molecule has 0 bridgehead atoms. The van der Waals surface area contributed by atoms with E-state index in [0.29, 0.717) is 0 Å². The van der Waals surface area contributed by atoms with Crippen LogP contribution in [0.2, 0.25) is 0 Å². The number of hydrogen-bond donors (Lipinski definition) is 0. The molecule has 0 aliphatic heterocycles. The highest BCUT2D eigenvalue weighted by atomic mass is 35.5. The van der Waals surface area contributed by atoms with Crippen LogP contribution in [0.1, 0.15) is 30.7 Å². The minimum atomic E-state index is -0.355. The second kappa shape index (κ2) is 5.20. The van der Waals surface area contributed by atoms with Crippen LogP contribution in [0.25, 0.3) is 0 Å². The molecule has 1 rings (SSSR count). The first-order valence-corrected chi connectivity index (χ1v) is 5.10. The molecule has 0 amide bonds. The predicted octanol–water partition coefficient (Wildman–Crippen LogP) is 3.91. The Morgan fingerprint density at radius 2 is 2.21 bits per heavy atom. The molecule has 0 aliphatic carbocycles. The summed E-state index contributed by atoms with van der Waals surface area (Å²) in [4.78, 5) is 0. The predicted molar refractivity (Wildman–Crippen MR) is 56.5 cm³/mol. The van der Waals surface area contributed by atoms with Gasteiger partial charge in [-0.1, -0.05) is 19.4 Å². The van der Waals surface area contributed by atoms with E-state index >= 15 is 0 Å². The largest absolute Gasteiger partial charge is 0.494 e. The minimum absolute atomic E-state index is 0.111. The van der Waals surface area contributed by atoms with E-state index in [0.717, 1.165) is 18.4 Å². The summed E-state index contributed by atoms with van der Waals surface area (Å²) in [5.41, 5.74) is 0.812. The van der Waals surface area contributed by atoms with Gasteiger partial charge in [-0.3, -0.25) is 0 Å². The molecule has 1 aromatic carbocycles. The molecule has 0 heterocycles. The standard InChI is InChI=1S/C11H14ClFO/c1-3-4-9(12)8-5-6-11(14-2)10(13)7-8/h5-7,9H,3-4H2,1-2H3. The van der Waals surface area contributed by atoms with E-state index in [4.69, 9.17) is 16.3 Å². The molecule has 1 nitrogen and oxygen atoms in total. The van der Waals surface area contributed by atoms with Crippen molar-refractivity contribution in [3.63, 3.8) is 0 Å². The van der Waals surface area contributed by atoms with Gasteiger partial charge in [0.2, 0.25) is 0 Å². The lowest BCUT2D eigenvalue weighted by molar-refractivity contribution is 0.386. The number of alkyl halides is 1. The quantitative estimate of drug-likeness (QED) is 0.694. The summed E-state index contributed by atoms with van der Waals surface area (Å²) in [6.07, 6.45) is 1.84. The fourth-order valence-electron chi connectivity index (χ4n) is 1.30. The van der Waals surface area contributed by atoms with Crippen LogP contribution in [-0.4, -0.2) is 7.11 Å². The SMILES string of the molecule is CCCC(Cl)c1ccc(OC)c(F)c1. The van der Waals surface area contributed by atoms with Crippen molar-refractivity contribution in [2.45, 2.75) is 25.1 Å². The number of methoxy groups -OCH3 is 1. The van der Waals surface area contributed by atoms with Gasteiger partial charge in [0.15, 0.2) is 11.6 Å². The van der Waals surface area contributed by atoms with E-state index in [-0.39, 0.29) is 16.9 Å². The van der Waals surface area contributed by atoms with E-state index in [1.807, 2.05) is 0 Å². The maximum absolute atomic E-state index is 13.3. The molecule has 0 aliphatic rings. The molecule has 1 unspecified atom stereocenters. The van der Waals surface area contributed by atoms with Crippen LogP contribution in [0.3, 0.4) is 0 Å². The number of rotatable bonds is 4. The third-order valence-corrected chi connectivity index (χ3v) is 2.55. The molecule has 0 saturated carbocycles. The first-order valence-electron chi connectivity index (χ1n) is 4.66. The average molecular weight is 217 g/mol. The lowest BCUT2D eigenvalue weighted by Crippen LogP contribution is -1.93. The first-order chi connectivity index (χ1) is 6.69. The smallest absolute Gasteiger partial charge is 0.165 e. The molecule has 0 N–H and O–H groups in total. The van der Waals surface area contributed by atoms with Crippen molar-refractivity contribution in [1.82, 2.24) is 0 Å². The third-order valence-electron chi connectivity index (χ3n) is 2.08. The molecule has 0 saturated heterocycles. The number of ether oxygens (including phenoxy) is 1. The summed E-state index contributed by atoms with van der Waals surface area (Å²) in [6, 6.07) is 4.84. The van der Waals surface area contributed by atoms with Crippen molar-refractivity contribution in [2.24, 2.45) is 0 Å². The number of halogens is 2. The summed E-state index contributed by atoms with van der Waals surface area (Å²) < 4.78 is 18.1. The van der Waals surface area contributed by atoms with Crippen molar-refractivity contribution in [2.75, 3.05) is 7.11 Å². The summed E-state index contributed by atoms with van der Waals surface area (Å²) >= 11 is 6.07. The summed E-state index contributed by atoms with van der Waals surface area (Å²) in [7, 11) is 1.45. The van der Waals surface area contributed by atoms with Crippen LogP contribution < -0.4 is 4.74 Å². The van der Waals surface area contributed by atoms with Crippen molar-refractivity contribution >= 4 is 11.6 Å². The molecular weight excluding hydrogens is 203 g/mol. The van der Waals surface area contributed by atoms with Crippen LogP contribution in [0.5, 0.6) is 5.75 Å². The molecule has 0 aromatic heterocycles. The number of benzene rings is 1. The molecule has 1 aromatic rings. The van der Waals surface area contributed by atoms with Crippen LogP contribution in [0.4, 0.5) is 4.39 Å². The monoisotopic (exact) mass is 216 g/mol. The zero-order chi connectivity index (χ0) is 10.6. The number of hydrogen-bond acceptors (Lipinski definition) is 1. The Kier molecular flexibility index (Phi) is 4.21. The molecule has 78 valence electrons. The zero-order valence-electron chi connectivity index (χ0n) is 8.39. The van der Waals surface area contributed by atoms with Crippen LogP contribution in [0, 0.1) is 5.82 Å². The Morgan fingerprint density at radius 3 is 2.71 bits per heavy atom. The summed E-state index contributed by atoms with van der Waals surface area (Å²) in [5, 5.41) is -0.111. The Morgan fingerprint density at radius 1 is 1.50 bits per heavy atom. The molecular formula is C11H14ClFO. The summed E-state index contributed by atoms with van der Waals surface area (Å²) in [5.74, 6) is -0.0964. The zero-order valence-corrected chi connectivity index (χ0v) is 9.14. The second-order valence-corrected chi connectivity index (χ2v) is 3.68. The van der Waals surface area contributed by atoms with Gasteiger partial charge in [-0.25, -0.2) is 4.39 Å². The van der Waals surface area contributed by atoms with E-state index in [2.05, 4.69) is 6.92 Å². The lowest BCUT2D eigenvalue weighted by atomic mass is 10.1. The van der Waals surface area contributed by atoms with Gasteiger partial charge < -0.3 is 4.74 Å². The second-order valence-electron chi connectivity index (χ2n) is 3.15. The topological polar surface area (TPSA) is 9.23 Å². The van der Waals surface area contributed by atoms with Gasteiger partial charge in [0.1, 0.15) is 0 Å². The van der Waals surface area contributed by atoms with Crippen LogP contribution in [-0.2, 0) is 0 Å². The summed E-state index contributed by atoms with van der Waals surface area (Å²) in [6.45, 7) is 2.05. The van der Waals surface area contributed by atoms with Gasteiger partial charge in [0.05, 0.1) is 12.5 Å². The Balaban J connectivity index is 2.85. The normalized spacial score (nSPS) is 12.6. The lowest BCUT2D eigenvalue weighted by Gasteiger charge is -2.09. The molecule has 14 heavy (non-hydrogen) atoms. The van der Waals surface area contributed by atoms with Crippen molar-refractivity contribution in [3.8, 4) is 5.75 Å². The Labute approximate surface area is 88.8 Å². The van der Waals surface area contributed by atoms with E-state index < -0.39 is 0 Å². The van der Waals surface area contributed by atoms with Gasteiger partial charge in [0.25, 0.3) is 0 Å². The maximum Gasteiger partial charge on any atom is 0.165 e. The van der Waals surface area contributed by atoms with Crippen molar-refractivity contribution < 1.29 is 9.13 Å². The highest BCUT2D eigenvalue weighted by molar-refractivity contribution is 6.20. The van der Waals surface area contributed by atoms with Gasteiger partial charge >= 0.3 is 0 Å². The maximum atomic E-state index is 13.3. The van der Waals surface area contributed by atoms with Gasteiger partial charge in [0, 0.05) is 0 Å². The molecule has 1 atom stereocenters. The van der Waals surface area contributed by atoms with E-state index in [1.54, 1.807) is 12.1 Å². The van der Waals surface area contributed by atoms with E-state index in [1.165, 1.54) is 13.2 Å². The third kappa shape index (κ3) is 2.61. The van der Waals surface area contributed by atoms with Crippen molar-refractivity contribution in [1.29, 1.82) is 0 Å². The van der Waals surface area contributed by atoms with Gasteiger partial charge in [-0.05, 0) is 24.1 Å². The molecule has 0 radical (unpaired) electrons. The highest BCUT2D eigenvalue weighted by Crippen LogP contribution is 2.28. The fourth-order valence-corrected chi connectivity index (χ4v) is 1.65. The van der Waals surface area contributed by atoms with E-state index in [9.17, 15) is 4.39 Å². The molecule has 0 fully saturated rings. The van der Waals surface area contributed by atoms with Gasteiger partial charge in [-0.2, -0.15) is 0 Å². The molecule has 3 heteroatoms. The Hall–Kier alpha value is -0.760. The van der Waals surface area contributed by atoms with Crippen LogP contribution >= 0.6 is 11.6 Å². The average Bonchev–Trinajstić information content (AvgIpc) is 2.18. The van der Waals surface area contributed by atoms with Crippen molar-refractivity contribution in [3.05, 3.63) is 29.6 Å². The van der Waals surface area contributed by atoms with Gasteiger partial charge in [-0.15, -0.1) is 11.6 Å². The first kappa shape index (κ1) is 11.3. The minimum Gasteiger partial charge on any atom is -0.494 e. The Bertz CT molecular complexity index is 301. The van der Waals surface area contributed by atoms with Crippen LogP contribution in [0.15, 0.2) is 18.2 Å². The fraction of sp³-hybridized carbons (Fsp3) is 0.455. The highest BCUT2D eigenvalue weighted by Gasteiger charge is 2.10. The molecule has 0 spiro atoms.